The van der Waals surface area contributed by atoms with Crippen molar-refractivity contribution in [2.75, 3.05) is 4.90 Å². The van der Waals surface area contributed by atoms with Gasteiger partial charge in [0, 0.05) is 0 Å². The van der Waals surface area contributed by atoms with Crippen LogP contribution in [0.15, 0.2) is 12.4 Å². The van der Waals surface area contributed by atoms with Crippen LogP contribution in [0.3, 0.4) is 0 Å². The molecule has 8 heteroatoms. The van der Waals surface area contributed by atoms with Gasteiger partial charge in [0.25, 0.3) is 0 Å². The largest absolute Gasteiger partial charge is 0.464 e. The molecular formula is C6H4IN3O4. The number of hydrogen-bond donors (Lipinski definition) is 2. The predicted molar refractivity (Wildman–Crippen MR) is 53.3 cm³/mol. The van der Waals surface area contributed by atoms with Crippen molar-refractivity contribution < 1.29 is 19.8 Å². The zero-order valence-corrected chi connectivity index (χ0v) is 8.74. The highest BCUT2D eigenvalue weighted by atomic mass is 127. The lowest BCUT2D eigenvalue weighted by Gasteiger charge is -2.10. The van der Waals surface area contributed by atoms with Crippen molar-refractivity contribution >= 4 is 40.6 Å². The lowest BCUT2D eigenvalue weighted by atomic mass is 10.6. The van der Waals surface area contributed by atoms with Crippen LogP contribution in [0, 0.1) is 3.70 Å². The first-order valence-corrected chi connectivity index (χ1v) is 4.33. The van der Waals surface area contributed by atoms with E-state index in [-0.39, 0.29) is 10.7 Å². The van der Waals surface area contributed by atoms with Gasteiger partial charge in [-0.1, -0.05) is 0 Å². The first-order chi connectivity index (χ1) is 6.52. The van der Waals surface area contributed by atoms with Gasteiger partial charge >= 0.3 is 12.2 Å². The number of carboxylic acid groups (broad SMARTS) is 2. The predicted octanol–water partition coefficient (Wildman–Crippen LogP) is 1.24. The maximum absolute atomic E-state index is 10.5. The Bertz CT molecular complexity index is 352. The number of rotatable bonds is 1. The van der Waals surface area contributed by atoms with Gasteiger partial charge in [-0.05, 0) is 22.6 Å². The van der Waals surface area contributed by atoms with Crippen LogP contribution < -0.4 is 4.90 Å². The molecule has 0 radical (unpaired) electrons. The molecule has 0 fully saturated rings. The molecule has 1 heterocycles. The molecular weight excluding hydrogens is 305 g/mol. The fourth-order valence-electron chi connectivity index (χ4n) is 0.699. The summed E-state index contributed by atoms with van der Waals surface area (Å²) < 4.78 is 0.544. The van der Waals surface area contributed by atoms with Gasteiger partial charge in [-0.2, -0.15) is 4.90 Å². The van der Waals surface area contributed by atoms with Crippen LogP contribution in [0.5, 0.6) is 0 Å². The zero-order valence-electron chi connectivity index (χ0n) is 6.59. The van der Waals surface area contributed by atoms with Gasteiger partial charge in [0.2, 0.25) is 0 Å². The molecule has 1 aromatic rings. The van der Waals surface area contributed by atoms with Crippen molar-refractivity contribution in [3.63, 3.8) is 0 Å². The Balaban J connectivity index is 3.06. The molecule has 0 spiro atoms. The van der Waals surface area contributed by atoms with Gasteiger partial charge < -0.3 is 10.2 Å². The summed E-state index contributed by atoms with van der Waals surface area (Å²) >= 11 is 1.87. The van der Waals surface area contributed by atoms with Crippen molar-refractivity contribution in [1.29, 1.82) is 0 Å². The molecule has 74 valence electrons. The van der Waals surface area contributed by atoms with Crippen LogP contribution in [-0.4, -0.2) is 32.4 Å². The highest BCUT2D eigenvalue weighted by Gasteiger charge is 2.23. The highest BCUT2D eigenvalue weighted by molar-refractivity contribution is 14.1. The molecule has 2 amide bonds. The summed E-state index contributed by atoms with van der Waals surface area (Å²) in [6.45, 7) is 0. The SMILES string of the molecule is O=C(O)N(C(=O)O)c1cnc(I)cn1. The van der Waals surface area contributed by atoms with Gasteiger partial charge in [0.05, 0.1) is 12.4 Å². The number of carbonyl (C=O) groups is 2. The van der Waals surface area contributed by atoms with E-state index in [1.54, 1.807) is 0 Å². The second-order valence-corrected chi connectivity index (χ2v) is 3.20. The van der Waals surface area contributed by atoms with Crippen molar-refractivity contribution in [2.24, 2.45) is 0 Å². The lowest BCUT2D eigenvalue weighted by Crippen LogP contribution is -2.35. The molecule has 14 heavy (non-hydrogen) atoms. The van der Waals surface area contributed by atoms with Crippen molar-refractivity contribution in [3.8, 4) is 0 Å². The Labute approximate surface area is 91.5 Å². The monoisotopic (exact) mass is 309 g/mol. The van der Waals surface area contributed by atoms with Crippen LogP contribution in [0.4, 0.5) is 15.4 Å². The van der Waals surface area contributed by atoms with Crippen LogP contribution in [0.2, 0.25) is 0 Å². The molecule has 2 N–H and O–H groups in total. The quantitative estimate of drug-likeness (QED) is 0.757. The molecule has 0 aliphatic heterocycles. The standard InChI is InChI=1S/C6H4IN3O4/c7-3-1-9-4(2-8-3)10(5(11)12)6(13)14/h1-2H,(H,11,12)(H,13,14). The highest BCUT2D eigenvalue weighted by Crippen LogP contribution is 2.10. The van der Waals surface area contributed by atoms with Crippen molar-refractivity contribution in [1.82, 2.24) is 9.97 Å². The molecule has 7 nitrogen and oxygen atoms in total. The third-order valence-electron chi connectivity index (χ3n) is 1.22. The smallest absolute Gasteiger partial charge is 0.422 e. The van der Waals surface area contributed by atoms with E-state index in [4.69, 9.17) is 10.2 Å². The fourth-order valence-corrected chi connectivity index (χ4v) is 0.977. The Morgan fingerprint density at radius 2 is 1.79 bits per heavy atom. The number of imide groups is 1. The van der Waals surface area contributed by atoms with E-state index in [1.807, 2.05) is 22.6 Å². The van der Waals surface area contributed by atoms with Crippen molar-refractivity contribution in [3.05, 3.63) is 16.1 Å². The van der Waals surface area contributed by atoms with Crippen LogP contribution in [0.1, 0.15) is 0 Å². The second-order valence-electron chi connectivity index (χ2n) is 2.10. The molecule has 1 rings (SSSR count). The van der Waals surface area contributed by atoms with Gasteiger partial charge in [-0.15, -0.1) is 0 Å². The van der Waals surface area contributed by atoms with Crippen LogP contribution in [-0.2, 0) is 0 Å². The second kappa shape index (κ2) is 4.17. The molecule has 0 saturated carbocycles. The number of aromatic nitrogens is 2. The van der Waals surface area contributed by atoms with E-state index < -0.39 is 12.2 Å². The Kier molecular flexibility index (Phi) is 3.17. The van der Waals surface area contributed by atoms with Gasteiger partial charge in [-0.25, -0.2) is 19.6 Å². The van der Waals surface area contributed by atoms with Gasteiger partial charge in [0.1, 0.15) is 3.70 Å². The normalized spacial score (nSPS) is 9.50. The van der Waals surface area contributed by atoms with E-state index in [0.717, 1.165) is 6.20 Å². The average molecular weight is 309 g/mol. The number of nitrogens with zero attached hydrogens (tertiary/aromatic N) is 3. The Morgan fingerprint density at radius 3 is 2.14 bits per heavy atom. The summed E-state index contributed by atoms with van der Waals surface area (Å²) in [6, 6.07) is 0. The van der Waals surface area contributed by atoms with E-state index in [1.165, 1.54) is 6.20 Å². The maximum Gasteiger partial charge on any atom is 0.422 e. The number of anilines is 1. The molecule has 1 aromatic heterocycles. The molecule has 0 aromatic carbocycles. The third-order valence-corrected chi connectivity index (χ3v) is 1.78. The summed E-state index contributed by atoms with van der Waals surface area (Å²) in [6.07, 6.45) is -0.889. The molecule has 0 unspecified atom stereocenters. The first kappa shape index (κ1) is 10.6. The molecule has 0 atom stereocenters. The number of hydrogen-bond acceptors (Lipinski definition) is 4. The Hall–Kier alpha value is -1.45. The molecule has 0 aliphatic carbocycles. The maximum atomic E-state index is 10.5. The van der Waals surface area contributed by atoms with E-state index >= 15 is 0 Å². The number of halogens is 1. The van der Waals surface area contributed by atoms with E-state index in [0.29, 0.717) is 3.70 Å². The Morgan fingerprint density at radius 1 is 1.21 bits per heavy atom. The summed E-state index contributed by atoms with van der Waals surface area (Å²) in [7, 11) is 0. The van der Waals surface area contributed by atoms with Crippen molar-refractivity contribution in [2.45, 2.75) is 0 Å². The van der Waals surface area contributed by atoms with E-state index in [9.17, 15) is 9.59 Å². The van der Waals surface area contributed by atoms with Gasteiger partial charge in [-0.3, -0.25) is 0 Å². The minimum atomic E-state index is -1.62. The summed E-state index contributed by atoms with van der Waals surface area (Å²) in [5.74, 6) is -0.245. The zero-order chi connectivity index (χ0) is 10.7. The molecule has 0 bridgehead atoms. The number of amides is 2. The lowest BCUT2D eigenvalue weighted by molar-refractivity contribution is 0.184. The third kappa shape index (κ3) is 2.28. The van der Waals surface area contributed by atoms with Gasteiger partial charge in [0.15, 0.2) is 5.82 Å². The fraction of sp³-hybridized carbons (Fsp3) is 0. The van der Waals surface area contributed by atoms with Crippen LogP contribution in [0.25, 0.3) is 0 Å². The topological polar surface area (TPSA) is 104 Å². The average Bonchev–Trinajstić information content (AvgIpc) is 2.07. The van der Waals surface area contributed by atoms with E-state index in [2.05, 4.69) is 9.97 Å². The summed E-state index contributed by atoms with van der Waals surface area (Å²) in [4.78, 5) is 28.4. The molecule has 0 aliphatic rings. The molecule has 0 saturated heterocycles. The first-order valence-electron chi connectivity index (χ1n) is 3.26. The summed E-state index contributed by atoms with van der Waals surface area (Å²) in [5.41, 5.74) is 0. The summed E-state index contributed by atoms with van der Waals surface area (Å²) in [5, 5.41) is 17.1. The minimum Gasteiger partial charge on any atom is -0.464 e. The van der Waals surface area contributed by atoms with Crippen LogP contribution >= 0.6 is 22.6 Å². The minimum absolute atomic E-state index is 0.0864.